The highest BCUT2D eigenvalue weighted by Gasteiger charge is 2.38. The second-order valence-electron chi connectivity index (χ2n) is 6.42. The molecular weight excluding hydrogens is 365 g/mol. The van der Waals surface area contributed by atoms with Gasteiger partial charge in [-0.1, -0.05) is 13.8 Å². The molecule has 0 unspecified atom stereocenters. The van der Waals surface area contributed by atoms with Gasteiger partial charge in [0.25, 0.3) is 0 Å². The molecule has 0 spiro atoms. The molecule has 0 aliphatic carbocycles. The molecule has 0 amide bonds. The van der Waals surface area contributed by atoms with Gasteiger partial charge in [0.15, 0.2) is 0 Å². The number of aromatic amines is 1. The number of alkyl halides is 3. The van der Waals surface area contributed by atoms with Crippen LogP contribution in [0.3, 0.4) is 0 Å². The number of carboxylic acids is 1. The number of aliphatic carboxylic acids is 1. The number of carbonyl (C=O) groups is 1. The van der Waals surface area contributed by atoms with E-state index in [4.69, 9.17) is 20.4 Å². The molecule has 1 aromatic heterocycles. The number of carboxylic acid groups (broad SMARTS) is 1. The largest absolute Gasteiger partial charge is 0.493 e. The molecule has 0 radical (unpaired) electrons. The van der Waals surface area contributed by atoms with Crippen LogP contribution in [0.15, 0.2) is 18.2 Å². The first-order valence-electron chi connectivity index (χ1n) is 8.33. The highest BCUT2D eigenvalue weighted by Crippen LogP contribution is 2.23. The molecule has 7 nitrogen and oxygen atoms in total. The molecule has 2 rings (SSSR count). The van der Waals surface area contributed by atoms with Crippen molar-refractivity contribution in [2.45, 2.75) is 26.6 Å². The SMILES string of the molecule is CC(C)COc1ccc2n[nH]c(CN(C)CCN)c2c1.O=C(O)C(F)(F)F. The lowest BCUT2D eigenvalue weighted by Gasteiger charge is -2.14. The van der Waals surface area contributed by atoms with Gasteiger partial charge in [0, 0.05) is 25.0 Å². The number of likely N-dealkylation sites (N-methyl/N-ethyl adjacent to an activating group) is 1. The van der Waals surface area contributed by atoms with Crippen molar-refractivity contribution >= 4 is 16.9 Å². The summed E-state index contributed by atoms with van der Waals surface area (Å²) in [4.78, 5) is 11.1. The molecule has 0 saturated heterocycles. The number of nitrogens with two attached hydrogens (primary N) is 1. The zero-order valence-corrected chi connectivity index (χ0v) is 15.5. The van der Waals surface area contributed by atoms with Gasteiger partial charge < -0.3 is 15.6 Å². The predicted molar refractivity (Wildman–Crippen MR) is 95.5 cm³/mol. The molecule has 0 aliphatic rings. The molecule has 2 aromatic rings. The smallest absolute Gasteiger partial charge is 0.490 e. The topological polar surface area (TPSA) is 104 Å². The lowest BCUT2D eigenvalue weighted by atomic mass is 10.2. The Kier molecular flexibility index (Phi) is 8.51. The Labute approximate surface area is 155 Å². The number of ether oxygens (including phenoxy) is 1. The summed E-state index contributed by atoms with van der Waals surface area (Å²) >= 11 is 0. The normalized spacial score (nSPS) is 11.6. The van der Waals surface area contributed by atoms with Crippen molar-refractivity contribution in [3.05, 3.63) is 23.9 Å². The molecule has 0 fully saturated rings. The highest BCUT2D eigenvalue weighted by atomic mass is 19.4. The number of fused-ring (bicyclic) bond motifs is 1. The minimum atomic E-state index is -5.08. The molecule has 1 aromatic carbocycles. The lowest BCUT2D eigenvalue weighted by Crippen LogP contribution is -2.25. The Bertz CT molecular complexity index is 732. The number of H-pyrrole nitrogens is 1. The molecule has 4 N–H and O–H groups in total. The summed E-state index contributed by atoms with van der Waals surface area (Å²) in [7, 11) is 2.05. The first-order chi connectivity index (χ1) is 12.5. The number of rotatable bonds is 7. The maximum atomic E-state index is 10.6. The van der Waals surface area contributed by atoms with Crippen molar-refractivity contribution in [3.63, 3.8) is 0 Å². The Hall–Kier alpha value is -2.33. The third kappa shape index (κ3) is 7.83. The summed E-state index contributed by atoms with van der Waals surface area (Å²) < 4.78 is 37.5. The quantitative estimate of drug-likeness (QED) is 0.671. The van der Waals surface area contributed by atoms with E-state index in [1.54, 1.807) is 0 Å². The molecular formula is C17H25F3N4O3. The number of nitrogens with one attached hydrogen (secondary N) is 1. The standard InChI is InChI=1S/C15H24N4O.C2HF3O2/c1-11(2)10-20-12-4-5-14-13(8-12)15(18-17-14)9-19(3)7-6-16;3-2(4,5)1(6)7/h4-5,8,11H,6-7,9-10,16H2,1-3H3,(H,17,18);(H,6,7). The second-order valence-corrected chi connectivity index (χ2v) is 6.42. The van der Waals surface area contributed by atoms with Crippen LogP contribution in [0, 0.1) is 5.92 Å². The maximum Gasteiger partial charge on any atom is 0.490 e. The molecule has 0 saturated carbocycles. The van der Waals surface area contributed by atoms with Crippen molar-refractivity contribution < 1.29 is 27.8 Å². The fraction of sp³-hybridized carbons (Fsp3) is 0.529. The van der Waals surface area contributed by atoms with Crippen LogP contribution in [0.5, 0.6) is 5.75 Å². The van der Waals surface area contributed by atoms with Crippen LogP contribution < -0.4 is 10.5 Å². The minimum absolute atomic E-state index is 0.519. The first-order valence-corrected chi connectivity index (χ1v) is 8.33. The van der Waals surface area contributed by atoms with Crippen molar-refractivity contribution in [2.24, 2.45) is 11.7 Å². The van der Waals surface area contributed by atoms with Crippen LogP contribution in [0.4, 0.5) is 13.2 Å². The summed E-state index contributed by atoms with van der Waals surface area (Å²) in [5, 5.41) is 15.7. The van der Waals surface area contributed by atoms with Crippen LogP contribution in [0.25, 0.3) is 10.9 Å². The van der Waals surface area contributed by atoms with E-state index < -0.39 is 12.1 Å². The van der Waals surface area contributed by atoms with E-state index >= 15 is 0 Å². The first kappa shape index (κ1) is 22.7. The fourth-order valence-corrected chi connectivity index (χ4v) is 2.08. The summed E-state index contributed by atoms with van der Waals surface area (Å²) in [5.41, 5.74) is 7.65. The predicted octanol–water partition coefficient (Wildman–Crippen LogP) is 2.62. The Morgan fingerprint density at radius 2 is 2.04 bits per heavy atom. The van der Waals surface area contributed by atoms with Crippen LogP contribution in [-0.4, -0.2) is 59.1 Å². The monoisotopic (exact) mass is 390 g/mol. The number of hydrogen-bond acceptors (Lipinski definition) is 5. The summed E-state index contributed by atoms with van der Waals surface area (Å²) in [5.74, 6) is -1.34. The van der Waals surface area contributed by atoms with E-state index in [1.165, 1.54) is 0 Å². The number of nitrogens with zero attached hydrogens (tertiary/aromatic N) is 2. The van der Waals surface area contributed by atoms with Crippen molar-refractivity contribution in [2.75, 3.05) is 26.7 Å². The van der Waals surface area contributed by atoms with E-state index in [1.807, 2.05) is 12.1 Å². The van der Waals surface area contributed by atoms with Gasteiger partial charge in [-0.05, 0) is 31.2 Å². The lowest BCUT2D eigenvalue weighted by molar-refractivity contribution is -0.192. The summed E-state index contributed by atoms with van der Waals surface area (Å²) in [6, 6.07) is 6.03. The molecule has 0 aliphatic heterocycles. The second kappa shape index (κ2) is 10.1. The molecule has 0 bridgehead atoms. The fourth-order valence-electron chi connectivity index (χ4n) is 2.08. The third-order valence-electron chi connectivity index (χ3n) is 3.37. The van der Waals surface area contributed by atoms with Crippen molar-refractivity contribution in [3.8, 4) is 5.75 Å². The Balaban J connectivity index is 0.000000445. The van der Waals surface area contributed by atoms with Crippen molar-refractivity contribution in [1.29, 1.82) is 0 Å². The molecule has 152 valence electrons. The van der Waals surface area contributed by atoms with E-state index in [0.717, 1.165) is 42.0 Å². The number of hydrogen-bond donors (Lipinski definition) is 3. The van der Waals surface area contributed by atoms with Crippen molar-refractivity contribution in [1.82, 2.24) is 15.1 Å². The number of benzene rings is 1. The minimum Gasteiger partial charge on any atom is -0.493 e. The van der Waals surface area contributed by atoms with Gasteiger partial charge in [-0.2, -0.15) is 18.3 Å². The zero-order chi connectivity index (χ0) is 20.6. The molecule has 27 heavy (non-hydrogen) atoms. The molecule has 1 heterocycles. The summed E-state index contributed by atoms with van der Waals surface area (Å²) in [6.07, 6.45) is -5.08. The van der Waals surface area contributed by atoms with Gasteiger partial charge in [-0.25, -0.2) is 4.79 Å². The van der Waals surface area contributed by atoms with Crippen LogP contribution in [0.2, 0.25) is 0 Å². The number of halogens is 3. The van der Waals surface area contributed by atoms with E-state index in [0.29, 0.717) is 12.5 Å². The van der Waals surface area contributed by atoms with E-state index in [2.05, 4.69) is 42.1 Å². The van der Waals surface area contributed by atoms with Crippen LogP contribution >= 0.6 is 0 Å². The highest BCUT2D eigenvalue weighted by molar-refractivity contribution is 5.82. The average molecular weight is 390 g/mol. The molecule has 0 atom stereocenters. The van der Waals surface area contributed by atoms with Gasteiger partial charge in [0.05, 0.1) is 17.8 Å². The van der Waals surface area contributed by atoms with Gasteiger partial charge in [-0.15, -0.1) is 0 Å². The Morgan fingerprint density at radius 3 is 2.56 bits per heavy atom. The van der Waals surface area contributed by atoms with Gasteiger partial charge >= 0.3 is 12.1 Å². The van der Waals surface area contributed by atoms with E-state index in [-0.39, 0.29) is 0 Å². The van der Waals surface area contributed by atoms with Crippen LogP contribution in [-0.2, 0) is 11.3 Å². The maximum absolute atomic E-state index is 10.6. The summed E-state index contributed by atoms with van der Waals surface area (Å²) in [6.45, 7) is 7.34. The third-order valence-corrected chi connectivity index (χ3v) is 3.37. The molecule has 10 heteroatoms. The number of aromatic nitrogens is 2. The van der Waals surface area contributed by atoms with Gasteiger partial charge in [-0.3, -0.25) is 10.00 Å². The van der Waals surface area contributed by atoms with Gasteiger partial charge in [0.2, 0.25) is 0 Å². The Morgan fingerprint density at radius 1 is 1.41 bits per heavy atom. The average Bonchev–Trinajstić information content (AvgIpc) is 2.95. The zero-order valence-electron chi connectivity index (χ0n) is 15.5. The van der Waals surface area contributed by atoms with E-state index in [9.17, 15) is 13.2 Å². The van der Waals surface area contributed by atoms with Gasteiger partial charge in [0.1, 0.15) is 5.75 Å². The van der Waals surface area contributed by atoms with Crippen LogP contribution in [0.1, 0.15) is 19.5 Å².